The molecule has 1 aromatic heterocycles. The molecule has 3 rings (SSSR count). The summed E-state index contributed by atoms with van der Waals surface area (Å²) in [5, 5.41) is 13.1. The summed E-state index contributed by atoms with van der Waals surface area (Å²) < 4.78 is 0. The second-order valence-electron chi connectivity index (χ2n) is 6.54. The number of aliphatic carboxylic acids is 1. The first-order valence-electron chi connectivity index (χ1n) is 8.09. The number of benzene rings is 1. The van der Waals surface area contributed by atoms with E-state index in [0.29, 0.717) is 18.7 Å². The number of aromatic nitrogens is 1. The van der Waals surface area contributed by atoms with E-state index in [2.05, 4.69) is 10.3 Å². The van der Waals surface area contributed by atoms with Gasteiger partial charge in [0.1, 0.15) is 0 Å². The van der Waals surface area contributed by atoms with Gasteiger partial charge in [0.2, 0.25) is 0 Å². The first kappa shape index (κ1) is 16.2. The Labute approximate surface area is 140 Å². The number of carboxylic acids is 1. The number of carbonyl (C=O) groups excluding carboxylic acids is 1. The number of hydrogen-bond donors (Lipinski definition) is 2. The molecule has 2 unspecified atom stereocenters. The highest BCUT2D eigenvalue weighted by Gasteiger charge is 2.32. The monoisotopic (exact) mass is 327 g/mol. The SMILES string of the molecule is Cc1ccc2cccc(NC(=O)N3CC(C)CC(C(=O)O)C3)c2n1. The summed E-state index contributed by atoms with van der Waals surface area (Å²) in [4.78, 5) is 30.0. The number of nitrogens with one attached hydrogen (secondary N) is 1. The Kier molecular flexibility index (Phi) is 4.38. The van der Waals surface area contributed by atoms with Crippen molar-refractivity contribution >= 4 is 28.6 Å². The van der Waals surface area contributed by atoms with Crippen LogP contribution in [0.15, 0.2) is 30.3 Å². The van der Waals surface area contributed by atoms with E-state index in [1.165, 1.54) is 0 Å². The summed E-state index contributed by atoms with van der Waals surface area (Å²) in [5.41, 5.74) is 2.26. The van der Waals surface area contributed by atoms with Gasteiger partial charge in [-0.1, -0.05) is 25.1 Å². The maximum Gasteiger partial charge on any atom is 0.321 e. The van der Waals surface area contributed by atoms with Gasteiger partial charge in [-0.05, 0) is 31.4 Å². The lowest BCUT2D eigenvalue weighted by Crippen LogP contribution is -2.47. The van der Waals surface area contributed by atoms with Crippen LogP contribution in [-0.2, 0) is 4.79 Å². The number of aryl methyl sites for hydroxylation is 1. The predicted octanol–water partition coefficient (Wildman–Crippen LogP) is 3.12. The number of hydrogen-bond acceptors (Lipinski definition) is 3. The zero-order valence-electron chi connectivity index (χ0n) is 13.8. The Morgan fingerprint density at radius 1 is 1.25 bits per heavy atom. The van der Waals surface area contributed by atoms with Crippen LogP contribution in [0, 0.1) is 18.8 Å². The summed E-state index contributed by atoms with van der Waals surface area (Å²) in [6.07, 6.45) is 0.605. The van der Waals surface area contributed by atoms with Crippen molar-refractivity contribution in [3.63, 3.8) is 0 Å². The van der Waals surface area contributed by atoms with E-state index in [-0.39, 0.29) is 18.5 Å². The van der Waals surface area contributed by atoms with Gasteiger partial charge < -0.3 is 15.3 Å². The van der Waals surface area contributed by atoms with Crippen LogP contribution in [0.25, 0.3) is 10.9 Å². The van der Waals surface area contributed by atoms with Crippen LogP contribution in [0.4, 0.5) is 10.5 Å². The maximum atomic E-state index is 12.6. The highest BCUT2D eigenvalue weighted by atomic mass is 16.4. The molecule has 24 heavy (non-hydrogen) atoms. The number of anilines is 1. The molecule has 2 amide bonds. The van der Waals surface area contributed by atoms with Crippen molar-refractivity contribution in [1.82, 2.24) is 9.88 Å². The molecule has 0 radical (unpaired) electrons. The number of nitrogens with zero attached hydrogens (tertiary/aromatic N) is 2. The fraction of sp³-hybridized carbons (Fsp3) is 0.389. The topological polar surface area (TPSA) is 82.5 Å². The number of carboxylic acid groups (broad SMARTS) is 1. The van der Waals surface area contributed by atoms with E-state index in [1.807, 2.05) is 44.2 Å². The largest absolute Gasteiger partial charge is 0.481 e. The molecule has 1 fully saturated rings. The molecule has 6 heteroatoms. The van der Waals surface area contributed by atoms with E-state index < -0.39 is 11.9 Å². The average Bonchev–Trinajstić information content (AvgIpc) is 2.54. The minimum atomic E-state index is -0.846. The molecule has 1 saturated heterocycles. The first-order chi connectivity index (χ1) is 11.4. The minimum absolute atomic E-state index is 0.165. The summed E-state index contributed by atoms with van der Waals surface area (Å²) in [6.45, 7) is 4.68. The van der Waals surface area contributed by atoms with Crippen LogP contribution in [-0.4, -0.2) is 40.1 Å². The third-order valence-electron chi connectivity index (χ3n) is 4.40. The summed E-state index contributed by atoms with van der Waals surface area (Å²) in [5.74, 6) is -1.19. The van der Waals surface area contributed by atoms with Crippen LogP contribution in [0.3, 0.4) is 0 Å². The fourth-order valence-corrected chi connectivity index (χ4v) is 3.24. The van der Waals surface area contributed by atoms with E-state index in [0.717, 1.165) is 16.6 Å². The molecule has 1 aliphatic rings. The molecule has 126 valence electrons. The molecule has 1 aliphatic heterocycles. The molecule has 0 bridgehead atoms. The highest BCUT2D eigenvalue weighted by Crippen LogP contribution is 2.25. The van der Waals surface area contributed by atoms with Crippen LogP contribution in [0.5, 0.6) is 0 Å². The minimum Gasteiger partial charge on any atom is -0.481 e. The number of amides is 2. The van der Waals surface area contributed by atoms with Crippen LogP contribution >= 0.6 is 0 Å². The van der Waals surface area contributed by atoms with Crippen molar-refractivity contribution in [2.45, 2.75) is 20.3 Å². The molecular formula is C18H21N3O3. The van der Waals surface area contributed by atoms with Crippen molar-refractivity contribution in [3.05, 3.63) is 36.0 Å². The number of fused-ring (bicyclic) bond motifs is 1. The smallest absolute Gasteiger partial charge is 0.321 e. The summed E-state index contributed by atoms with van der Waals surface area (Å²) >= 11 is 0. The average molecular weight is 327 g/mol. The van der Waals surface area contributed by atoms with Gasteiger partial charge in [0.05, 0.1) is 17.1 Å². The van der Waals surface area contributed by atoms with Gasteiger partial charge in [0, 0.05) is 24.2 Å². The van der Waals surface area contributed by atoms with E-state index in [9.17, 15) is 14.7 Å². The van der Waals surface area contributed by atoms with Gasteiger partial charge in [-0.25, -0.2) is 4.79 Å². The summed E-state index contributed by atoms with van der Waals surface area (Å²) in [6, 6.07) is 9.25. The number of rotatable bonds is 2. The van der Waals surface area contributed by atoms with Crippen LogP contribution in [0.2, 0.25) is 0 Å². The van der Waals surface area contributed by atoms with E-state index >= 15 is 0 Å². The Bertz CT molecular complexity index is 790. The molecule has 2 heterocycles. The number of para-hydroxylation sites is 1. The highest BCUT2D eigenvalue weighted by molar-refractivity contribution is 5.99. The van der Waals surface area contributed by atoms with E-state index in [1.54, 1.807) is 4.90 Å². The number of carbonyl (C=O) groups is 2. The maximum absolute atomic E-state index is 12.6. The van der Waals surface area contributed by atoms with Crippen molar-refractivity contribution in [2.24, 2.45) is 11.8 Å². The molecule has 2 aromatic rings. The van der Waals surface area contributed by atoms with E-state index in [4.69, 9.17) is 0 Å². The molecule has 1 aromatic carbocycles. The molecule has 2 atom stereocenters. The normalized spacial score (nSPS) is 20.8. The first-order valence-corrected chi connectivity index (χ1v) is 8.09. The number of urea groups is 1. The zero-order valence-corrected chi connectivity index (χ0v) is 13.8. The Morgan fingerprint density at radius 2 is 2.04 bits per heavy atom. The second kappa shape index (κ2) is 6.47. The molecule has 0 spiro atoms. The van der Waals surface area contributed by atoms with Gasteiger partial charge >= 0.3 is 12.0 Å². The Balaban J connectivity index is 1.82. The van der Waals surface area contributed by atoms with Crippen molar-refractivity contribution in [3.8, 4) is 0 Å². The van der Waals surface area contributed by atoms with Gasteiger partial charge in [0.15, 0.2) is 0 Å². The Hall–Kier alpha value is -2.63. The molecule has 0 aliphatic carbocycles. The number of pyridine rings is 1. The summed E-state index contributed by atoms with van der Waals surface area (Å²) in [7, 11) is 0. The van der Waals surface area contributed by atoms with Gasteiger partial charge in [-0.3, -0.25) is 9.78 Å². The van der Waals surface area contributed by atoms with Crippen LogP contribution in [0.1, 0.15) is 19.0 Å². The molecule has 0 saturated carbocycles. The third kappa shape index (κ3) is 3.32. The van der Waals surface area contributed by atoms with Crippen molar-refractivity contribution in [1.29, 1.82) is 0 Å². The van der Waals surface area contributed by atoms with Crippen molar-refractivity contribution < 1.29 is 14.7 Å². The van der Waals surface area contributed by atoms with Gasteiger partial charge in [0.25, 0.3) is 0 Å². The molecule has 6 nitrogen and oxygen atoms in total. The van der Waals surface area contributed by atoms with Gasteiger partial charge in [-0.2, -0.15) is 0 Å². The molecule has 2 N–H and O–H groups in total. The standard InChI is InChI=1S/C18H21N3O3/c1-11-8-14(17(22)23)10-21(9-11)18(24)20-15-5-3-4-13-7-6-12(2)19-16(13)15/h3-7,11,14H,8-10H2,1-2H3,(H,20,24)(H,22,23). The van der Waals surface area contributed by atoms with Gasteiger partial charge in [-0.15, -0.1) is 0 Å². The quantitative estimate of drug-likeness (QED) is 0.888. The number of likely N-dealkylation sites (tertiary alicyclic amines) is 1. The zero-order chi connectivity index (χ0) is 17.3. The molecular weight excluding hydrogens is 306 g/mol. The van der Waals surface area contributed by atoms with Crippen molar-refractivity contribution in [2.75, 3.05) is 18.4 Å². The lowest BCUT2D eigenvalue weighted by molar-refractivity contribution is -0.143. The third-order valence-corrected chi connectivity index (χ3v) is 4.40. The second-order valence-corrected chi connectivity index (χ2v) is 6.54. The van der Waals surface area contributed by atoms with Crippen LogP contribution < -0.4 is 5.32 Å². The lowest BCUT2D eigenvalue weighted by atomic mass is 9.91. The number of piperidine rings is 1. The predicted molar refractivity (Wildman–Crippen MR) is 92.0 cm³/mol. The Morgan fingerprint density at radius 3 is 2.79 bits per heavy atom. The fourth-order valence-electron chi connectivity index (χ4n) is 3.24. The lowest BCUT2D eigenvalue weighted by Gasteiger charge is -2.34.